The molecule has 0 aromatic rings. The van der Waals surface area contributed by atoms with Gasteiger partial charge in [-0.3, -0.25) is 0 Å². The Bertz CT molecular complexity index is 296. The molecule has 84 valence electrons. The maximum Gasteiger partial charge on any atom is 0.0175 e. The fourth-order valence-corrected chi connectivity index (χ4v) is 3.94. The van der Waals surface area contributed by atoms with Crippen LogP contribution >= 0.6 is 0 Å². The van der Waals surface area contributed by atoms with Gasteiger partial charge in [0, 0.05) is 24.7 Å². The second kappa shape index (κ2) is 3.02. The van der Waals surface area contributed by atoms with Crippen molar-refractivity contribution in [3.8, 4) is 0 Å². The van der Waals surface area contributed by atoms with Crippen LogP contribution in [0.2, 0.25) is 0 Å². The second-order valence-corrected chi connectivity index (χ2v) is 6.34. The summed E-state index contributed by atoms with van der Waals surface area (Å²) in [7, 11) is 0. The zero-order valence-corrected chi connectivity index (χ0v) is 10.3. The van der Waals surface area contributed by atoms with E-state index in [0.29, 0.717) is 5.41 Å². The lowest BCUT2D eigenvalue weighted by atomic mass is 9.71. The topological polar surface area (TPSA) is 3.24 Å². The first-order valence-electron chi connectivity index (χ1n) is 6.57. The Balaban J connectivity index is 1.87. The highest BCUT2D eigenvalue weighted by Gasteiger charge is 2.51. The first-order chi connectivity index (χ1) is 7.10. The summed E-state index contributed by atoms with van der Waals surface area (Å²) in [6, 6.07) is 0. The molecule has 1 heteroatoms. The summed E-state index contributed by atoms with van der Waals surface area (Å²) in [5.41, 5.74) is 2.26. The van der Waals surface area contributed by atoms with Crippen molar-refractivity contribution in [2.45, 2.75) is 40.0 Å². The van der Waals surface area contributed by atoms with Crippen LogP contribution in [0.25, 0.3) is 0 Å². The minimum absolute atomic E-state index is 0.549. The summed E-state index contributed by atoms with van der Waals surface area (Å²) in [6.45, 7) is 10.0. The molecule has 0 aromatic heterocycles. The minimum atomic E-state index is 0.549. The molecule has 0 amide bonds. The third-order valence-electron chi connectivity index (χ3n) is 5.46. The molecule has 0 radical (unpaired) electrons. The Morgan fingerprint density at radius 2 is 1.93 bits per heavy atom. The van der Waals surface area contributed by atoms with Crippen LogP contribution in [-0.2, 0) is 0 Å². The van der Waals surface area contributed by atoms with Gasteiger partial charge in [0.1, 0.15) is 0 Å². The van der Waals surface area contributed by atoms with Crippen molar-refractivity contribution in [1.29, 1.82) is 0 Å². The summed E-state index contributed by atoms with van der Waals surface area (Å²) in [5, 5.41) is 0. The first-order valence-corrected chi connectivity index (χ1v) is 6.57. The number of hydrogen-bond acceptors (Lipinski definition) is 1. The largest absolute Gasteiger partial charge is 0.375 e. The van der Waals surface area contributed by atoms with E-state index in [9.17, 15) is 0 Å². The van der Waals surface area contributed by atoms with Crippen LogP contribution in [0.3, 0.4) is 0 Å². The van der Waals surface area contributed by atoms with Crippen LogP contribution < -0.4 is 0 Å². The van der Waals surface area contributed by atoms with E-state index < -0.39 is 0 Å². The molecule has 1 saturated heterocycles. The Kier molecular flexibility index (Phi) is 1.96. The number of nitrogens with zero attached hydrogens (tertiary/aromatic N) is 1. The van der Waals surface area contributed by atoms with Gasteiger partial charge in [0.05, 0.1) is 0 Å². The number of rotatable bonds is 1. The van der Waals surface area contributed by atoms with E-state index in [4.69, 9.17) is 0 Å². The van der Waals surface area contributed by atoms with Crippen molar-refractivity contribution in [3.63, 3.8) is 0 Å². The van der Waals surface area contributed by atoms with Crippen molar-refractivity contribution in [2.75, 3.05) is 13.1 Å². The minimum Gasteiger partial charge on any atom is -0.375 e. The molecular formula is C14H23N. The summed E-state index contributed by atoms with van der Waals surface area (Å²) in [6.07, 6.45) is 6.86. The van der Waals surface area contributed by atoms with Crippen LogP contribution in [0, 0.1) is 23.2 Å². The molecule has 2 aliphatic carbocycles. The molecule has 3 atom stereocenters. The monoisotopic (exact) mass is 205 g/mol. The molecular weight excluding hydrogens is 182 g/mol. The molecule has 3 rings (SSSR count). The van der Waals surface area contributed by atoms with Gasteiger partial charge in [-0.25, -0.2) is 0 Å². The lowest BCUT2D eigenvalue weighted by Gasteiger charge is -2.38. The first kappa shape index (κ1) is 9.74. The third kappa shape index (κ3) is 1.21. The average molecular weight is 205 g/mol. The third-order valence-corrected chi connectivity index (χ3v) is 5.46. The highest BCUT2D eigenvalue weighted by Crippen LogP contribution is 2.58. The van der Waals surface area contributed by atoms with E-state index >= 15 is 0 Å². The number of likely N-dealkylation sites (tertiary alicyclic amines) is 1. The normalized spacial score (nSPS) is 42.5. The number of allylic oxidation sites excluding steroid dienone is 2. The molecule has 1 heterocycles. The van der Waals surface area contributed by atoms with Gasteiger partial charge >= 0.3 is 0 Å². The SMILES string of the molecule is CC1C2CC(C=C2N2CCCC2)C1(C)C. The van der Waals surface area contributed by atoms with Crippen molar-refractivity contribution >= 4 is 0 Å². The molecule has 0 N–H and O–H groups in total. The fraction of sp³-hybridized carbons (Fsp3) is 0.857. The fourth-order valence-electron chi connectivity index (χ4n) is 3.94. The van der Waals surface area contributed by atoms with Crippen molar-refractivity contribution in [3.05, 3.63) is 11.8 Å². The summed E-state index contributed by atoms with van der Waals surface area (Å²) in [5.74, 6) is 2.61. The highest BCUT2D eigenvalue weighted by atomic mass is 15.2. The van der Waals surface area contributed by atoms with Crippen LogP contribution in [0.1, 0.15) is 40.0 Å². The van der Waals surface area contributed by atoms with Crippen LogP contribution in [-0.4, -0.2) is 18.0 Å². The van der Waals surface area contributed by atoms with E-state index in [-0.39, 0.29) is 0 Å². The van der Waals surface area contributed by atoms with E-state index in [2.05, 4.69) is 31.7 Å². The molecule has 3 unspecified atom stereocenters. The smallest absolute Gasteiger partial charge is 0.0175 e. The lowest BCUT2D eigenvalue weighted by Crippen LogP contribution is -2.32. The van der Waals surface area contributed by atoms with E-state index in [1.165, 1.54) is 32.4 Å². The maximum absolute atomic E-state index is 2.66. The Labute approximate surface area is 93.5 Å². The molecule has 0 aromatic carbocycles. The maximum atomic E-state index is 2.66. The molecule has 2 bridgehead atoms. The highest BCUT2D eigenvalue weighted by molar-refractivity contribution is 5.25. The average Bonchev–Trinajstić information content (AvgIpc) is 2.86. The standard InChI is InChI=1S/C14H23N/c1-10-12-8-11(14(10,2)3)9-13(12)15-6-4-5-7-15/h9-12H,4-8H2,1-3H3. The van der Waals surface area contributed by atoms with Crippen LogP contribution in [0.4, 0.5) is 0 Å². The Morgan fingerprint density at radius 3 is 2.47 bits per heavy atom. The van der Waals surface area contributed by atoms with Crippen LogP contribution in [0.15, 0.2) is 11.8 Å². The summed E-state index contributed by atoms with van der Waals surface area (Å²) in [4.78, 5) is 2.66. The van der Waals surface area contributed by atoms with Crippen LogP contribution in [0.5, 0.6) is 0 Å². The molecule has 1 aliphatic heterocycles. The quantitative estimate of drug-likeness (QED) is 0.635. The second-order valence-electron chi connectivity index (χ2n) is 6.34. The van der Waals surface area contributed by atoms with E-state index in [0.717, 1.165) is 17.8 Å². The van der Waals surface area contributed by atoms with E-state index in [1.54, 1.807) is 5.70 Å². The molecule has 1 nitrogen and oxygen atoms in total. The zero-order valence-electron chi connectivity index (χ0n) is 10.3. The van der Waals surface area contributed by atoms with Crippen molar-refractivity contribution < 1.29 is 0 Å². The summed E-state index contributed by atoms with van der Waals surface area (Å²) < 4.78 is 0. The van der Waals surface area contributed by atoms with Gasteiger partial charge in [0.15, 0.2) is 0 Å². The number of hydrogen-bond donors (Lipinski definition) is 0. The molecule has 1 saturated carbocycles. The van der Waals surface area contributed by atoms with Crippen molar-refractivity contribution in [1.82, 2.24) is 4.90 Å². The lowest BCUT2D eigenvalue weighted by molar-refractivity contribution is 0.184. The molecule has 3 aliphatic rings. The van der Waals surface area contributed by atoms with Gasteiger partial charge in [-0.1, -0.05) is 26.8 Å². The van der Waals surface area contributed by atoms with Gasteiger partial charge < -0.3 is 4.90 Å². The van der Waals surface area contributed by atoms with E-state index in [1.807, 2.05) is 0 Å². The molecule has 0 spiro atoms. The van der Waals surface area contributed by atoms with Gasteiger partial charge in [-0.2, -0.15) is 0 Å². The Morgan fingerprint density at radius 1 is 1.27 bits per heavy atom. The van der Waals surface area contributed by atoms with Gasteiger partial charge in [-0.05, 0) is 36.5 Å². The predicted molar refractivity (Wildman–Crippen MR) is 63.4 cm³/mol. The van der Waals surface area contributed by atoms with Gasteiger partial charge in [0.25, 0.3) is 0 Å². The van der Waals surface area contributed by atoms with Crippen molar-refractivity contribution in [2.24, 2.45) is 23.2 Å². The zero-order chi connectivity index (χ0) is 10.6. The summed E-state index contributed by atoms with van der Waals surface area (Å²) >= 11 is 0. The number of fused-ring (bicyclic) bond motifs is 2. The van der Waals surface area contributed by atoms with Gasteiger partial charge in [-0.15, -0.1) is 0 Å². The van der Waals surface area contributed by atoms with Gasteiger partial charge in [0.2, 0.25) is 0 Å². The molecule has 15 heavy (non-hydrogen) atoms. The predicted octanol–water partition coefficient (Wildman–Crippen LogP) is 3.28. The molecule has 2 fully saturated rings. The Hall–Kier alpha value is -0.460.